The van der Waals surface area contributed by atoms with Crippen molar-refractivity contribution >= 4 is 27.5 Å². The standard InChI is InChI=1S/C24H24BrNO3/c1-2-15-29-23-13-8-19(17-22(23)25)24(27)26-20-9-11-21(12-10-20)28-16-14-18-6-4-3-5-7-18/h3-13,17H,2,14-16H2,1H3,(H,26,27). The molecule has 0 heterocycles. The fourth-order valence-electron chi connectivity index (χ4n) is 2.74. The Balaban J connectivity index is 1.52. The molecule has 5 heteroatoms. The largest absolute Gasteiger partial charge is 0.493 e. The maximum Gasteiger partial charge on any atom is 0.255 e. The van der Waals surface area contributed by atoms with Gasteiger partial charge in [-0.05, 0) is 70.4 Å². The van der Waals surface area contributed by atoms with E-state index < -0.39 is 0 Å². The highest BCUT2D eigenvalue weighted by Crippen LogP contribution is 2.26. The first-order valence-corrected chi connectivity index (χ1v) is 10.5. The number of hydrogen-bond acceptors (Lipinski definition) is 3. The number of anilines is 1. The predicted octanol–water partition coefficient (Wildman–Crippen LogP) is 6.11. The number of hydrogen-bond donors (Lipinski definition) is 1. The minimum atomic E-state index is -0.175. The molecule has 0 spiro atoms. The monoisotopic (exact) mass is 453 g/mol. The summed E-state index contributed by atoms with van der Waals surface area (Å²) < 4.78 is 12.2. The zero-order chi connectivity index (χ0) is 20.5. The third-order valence-corrected chi connectivity index (χ3v) is 4.89. The lowest BCUT2D eigenvalue weighted by molar-refractivity contribution is 0.102. The van der Waals surface area contributed by atoms with Crippen LogP contribution in [-0.4, -0.2) is 19.1 Å². The summed E-state index contributed by atoms with van der Waals surface area (Å²) in [6, 6.07) is 22.9. The molecule has 3 aromatic rings. The van der Waals surface area contributed by atoms with Gasteiger partial charge in [0.25, 0.3) is 5.91 Å². The molecule has 29 heavy (non-hydrogen) atoms. The average Bonchev–Trinajstić information content (AvgIpc) is 2.75. The van der Waals surface area contributed by atoms with Crippen molar-refractivity contribution in [3.05, 3.63) is 88.4 Å². The van der Waals surface area contributed by atoms with Crippen LogP contribution in [0.1, 0.15) is 29.3 Å². The SMILES string of the molecule is CCCOc1ccc(C(=O)Nc2ccc(OCCc3ccccc3)cc2)cc1Br. The fraction of sp³-hybridized carbons (Fsp3) is 0.208. The van der Waals surface area contributed by atoms with Gasteiger partial charge in [0.1, 0.15) is 11.5 Å². The highest BCUT2D eigenvalue weighted by atomic mass is 79.9. The minimum absolute atomic E-state index is 0.175. The van der Waals surface area contributed by atoms with Crippen LogP contribution in [0.2, 0.25) is 0 Å². The topological polar surface area (TPSA) is 47.6 Å². The van der Waals surface area contributed by atoms with E-state index in [0.29, 0.717) is 24.5 Å². The van der Waals surface area contributed by atoms with Crippen LogP contribution < -0.4 is 14.8 Å². The Morgan fingerprint density at radius 3 is 2.38 bits per heavy atom. The van der Waals surface area contributed by atoms with Gasteiger partial charge in [-0.2, -0.15) is 0 Å². The second kappa shape index (κ2) is 10.7. The molecule has 4 nitrogen and oxygen atoms in total. The second-order valence-electron chi connectivity index (χ2n) is 6.56. The number of benzene rings is 3. The molecule has 3 aromatic carbocycles. The summed E-state index contributed by atoms with van der Waals surface area (Å²) in [5.41, 5.74) is 2.52. The van der Waals surface area contributed by atoms with E-state index in [4.69, 9.17) is 9.47 Å². The molecular weight excluding hydrogens is 430 g/mol. The molecule has 0 aliphatic carbocycles. The third-order valence-electron chi connectivity index (χ3n) is 4.27. The summed E-state index contributed by atoms with van der Waals surface area (Å²) in [5, 5.41) is 2.90. The van der Waals surface area contributed by atoms with Crippen LogP contribution >= 0.6 is 15.9 Å². The Morgan fingerprint density at radius 1 is 0.931 bits per heavy atom. The Morgan fingerprint density at radius 2 is 1.69 bits per heavy atom. The third kappa shape index (κ3) is 6.36. The van der Waals surface area contributed by atoms with Gasteiger partial charge in [-0.1, -0.05) is 37.3 Å². The molecule has 0 atom stereocenters. The molecule has 0 aliphatic heterocycles. The van der Waals surface area contributed by atoms with Crippen LogP contribution in [0.4, 0.5) is 5.69 Å². The molecule has 150 valence electrons. The van der Waals surface area contributed by atoms with Crippen molar-refractivity contribution < 1.29 is 14.3 Å². The molecule has 0 bridgehead atoms. The van der Waals surface area contributed by atoms with E-state index in [1.807, 2.05) is 42.5 Å². The number of halogens is 1. The Hall–Kier alpha value is -2.79. The Labute approximate surface area is 180 Å². The predicted molar refractivity (Wildman–Crippen MR) is 120 cm³/mol. The van der Waals surface area contributed by atoms with Gasteiger partial charge in [-0.25, -0.2) is 0 Å². The molecule has 0 aliphatic rings. The van der Waals surface area contributed by atoms with Crippen LogP contribution in [0.3, 0.4) is 0 Å². The van der Waals surface area contributed by atoms with Crippen LogP contribution in [-0.2, 0) is 6.42 Å². The summed E-state index contributed by atoms with van der Waals surface area (Å²) in [4.78, 5) is 12.5. The van der Waals surface area contributed by atoms with Crippen LogP contribution in [0.15, 0.2) is 77.3 Å². The van der Waals surface area contributed by atoms with E-state index in [2.05, 4.69) is 40.3 Å². The number of amides is 1. The lowest BCUT2D eigenvalue weighted by Crippen LogP contribution is -2.12. The van der Waals surface area contributed by atoms with Gasteiger partial charge in [0.15, 0.2) is 0 Å². The molecule has 0 unspecified atom stereocenters. The average molecular weight is 454 g/mol. The first-order chi connectivity index (χ1) is 14.2. The zero-order valence-corrected chi connectivity index (χ0v) is 17.9. The fourth-order valence-corrected chi connectivity index (χ4v) is 3.23. The normalized spacial score (nSPS) is 10.4. The summed E-state index contributed by atoms with van der Waals surface area (Å²) in [5.74, 6) is 1.34. The van der Waals surface area contributed by atoms with E-state index in [0.717, 1.165) is 28.8 Å². The molecule has 0 aromatic heterocycles. The van der Waals surface area contributed by atoms with E-state index >= 15 is 0 Å². The van der Waals surface area contributed by atoms with E-state index in [1.165, 1.54) is 5.56 Å². The number of carbonyl (C=O) groups is 1. The van der Waals surface area contributed by atoms with Crippen molar-refractivity contribution in [3.63, 3.8) is 0 Å². The minimum Gasteiger partial charge on any atom is -0.493 e. The van der Waals surface area contributed by atoms with Crippen molar-refractivity contribution in [1.82, 2.24) is 0 Å². The van der Waals surface area contributed by atoms with Gasteiger partial charge in [0.05, 0.1) is 17.7 Å². The smallest absolute Gasteiger partial charge is 0.255 e. The molecule has 0 saturated carbocycles. The maximum atomic E-state index is 12.5. The molecule has 0 saturated heterocycles. The molecule has 3 rings (SSSR count). The summed E-state index contributed by atoms with van der Waals surface area (Å²) in [6.07, 6.45) is 1.78. The van der Waals surface area contributed by atoms with Gasteiger partial charge in [-0.15, -0.1) is 0 Å². The molecule has 1 N–H and O–H groups in total. The summed E-state index contributed by atoms with van der Waals surface area (Å²) >= 11 is 3.46. The first kappa shape index (κ1) is 20.9. The van der Waals surface area contributed by atoms with E-state index in [-0.39, 0.29) is 5.91 Å². The van der Waals surface area contributed by atoms with Crippen molar-refractivity contribution in [1.29, 1.82) is 0 Å². The highest BCUT2D eigenvalue weighted by molar-refractivity contribution is 9.10. The molecule has 1 amide bonds. The molecule has 0 fully saturated rings. The first-order valence-electron chi connectivity index (χ1n) is 9.66. The van der Waals surface area contributed by atoms with Gasteiger partial charge >= 0.3 is 0 Å². The lowest BCUT2D eigenvalue weighted by Gasteiger charge is -2.10. The summed E-state index contributed by atoms with van der Waals surface area (Å²) in [6.45, 7) is 3.30. The van der Waals surface area contributed by atoms with Gasteiger partial charge in [0.2, 0.25) is 0 Å². The summed E-state index contributed by atoms with van der Waals surface area (Å²) in [7, 11) is 0. The second-order valence-corrected chi connectivity index (χ2v) is 7.41. The van der Waals surface area contributed by atoms with Crippen molar-refractivity contribution in [2.75, 3.05) is 18.5 Å². The number of carbonyl (C=O) groups excluding carboxylic acids is 1. The van der Waals surface area contributed by atoms with Crippen LogP contribution in [0.5, 0.6) is 11.5 Å². The Kier molecular flexibility index (Phi) is 7.70. The van der Waals surface area contributed by atoms with Gasteiger partial charge in [-0.3, -0.25) is 4.79 Å². The van der Waals surface area contributed by atoms with E-state index in [1.54, 1.807) is 18.2 Å². The zero-order valence-electron chi connectivity index (χ0n) is 16.4. The van der Waals surface area contributed by atoms with Crippen LogP contribution in [0, 0.1) is 0 Å². The van der Waals surface area contributed by atoms with Gasteiger partial charge < -0.3 is 14.8 Å². The molecular formula is C24H24BrNO3. The van der Waals surface area contributed by atoms with Crippen molar-refractivity contribution in [2.24, 2.45) is 0 Å². The number of rotatable bonds is 9. The lowest BCUT2D eigenvalue weighted by atomic mass is 10.2. The van der Waals surface area contributed by atoms with Gasteiger partial charge in [0, 0.05) is 17.7 Å². The number of ether oxygens (including phenoxy) is 2. The molecule has 0 radical (unpaired) electrons. The quantitative estimate of drug-likeness (QED) is 0.424. The van der Waals surface area contributed by atoms with Crippen LogP contribution in [0.25, 0.3) is 0 Å². The Bertz CT molecular complexity index is 927. The van der Waals surface area contributed by atoms with E-state index in [9.17, 15) is 4.79 Å². The number of nitrogens with one attached hydrogen (secondary N) is 1. The van der Waals surface area contributed by atoms with Crippen molar-refractivity contribution in [3.8, 4) is 11.5 Å². The highest BCUT2D eigenvalue weighted by Gasteiger charge is 2.10. The maximum absolute atomic E-state index is 12.5. The van der Waals surface area contributed by atoms with Crippen molar-refractivity contribution in [2.45, 2.75) is 19.8 Å².